The van der Waals surface area contributed by atoms with Gasteiger partial charge in [-0.05, 0) is 42.7 Å². The van der Waals surface area contributed by atoms with Crippen molar-refractivity contribution in [3.63, 3.8) is 0 Å². The summed E-state index contributed by atoms with van der Waals surface area (Å²) in [6, 6.07) is 17.0. The summed E-state index contributed by atoms with van der Waals surface area (Å²) < 4.78 is 32.6. The number of benzene rings is 3. The molecule has 0 radical (unpaired) electrons. The summed E-state index contributed by atoms with van der Waals surface area (Å²) in [6.45, 7) is 2.14. The van der Waals surface area contributed by atoms with Crippen molar-refractivity contribution in [1.82, 2.24) is 0 Å². The lowest BCUT2D eigenvalue weighted by atomic mass is 10.1. The molecule has 0 saturated heterocycles. The van der Waals surface area contributed by atoms with E-state index in [0.29, 0.717) is 22.0 Å². The van der Waals surface area contributed by atoms with Gasteiger partial charge in [-0.25, -0.2) is 0 Å². The summed E-state index contributed by atoms with van der Waals surface area (Å²) in [6.07, 6.45) is 3.21. The number of carbonyl (C=O) groups is 1. The molecule has 6 heteroatoms. The molecular weight excluding hydrogens is 362 g/mol. The fourth-order valence-electron chi connectivity index (χ4n) is 3.00. The van der Waals surface area contributed by atoms with Gasteiger partial charge in [0.15, 0.2) is 0 Å². The number of amides is 1. The van der Waals surface area contributed by atoms with E-state index in [9.17, 15) is 17.8 Å². The van der Waals surface area contributed by atoms with Crippen LogP contribution in [0.2, 0.25) is 0 Å². The zero-order valence-corrected chi connectivity index (χ0v) is 15.8. The van der Waals surface area contributed by atoms with Gasteiger partial charge in [0.2, 0.25) is 0 Å². The molecule has 0 spiro atoms. The minimum absolute atomic E-state index is 0.184. The van der Waals surface area contributed by atoms with Crippen molar-refractivity contribution in [2.75, 3.05) is 5.32 Å². The van der Waals surface area contributed by atoms with E-state index in [1.807, 2.05) is 12.1 Å². The maximum Gasteiger partial charge on any atom is 0.295 e. The second kappa shape index (κ2) is 7.90. The molecule has 0 bridgehead atoms. The van der Waals surface area contributed by atoms with E-state index in [1.54, 1.807) is 36.4 Å². The van der Waals surface area contributed by atoms with E-state index >= 15 is 0 Å². The number of unbranched alkanes of at least 4 members (excludes halogenated alkanes) is 1. The highest BCUT2D eigenvalue weighted by Crippen LogP contribution is 2.29. The number of hydrogen-bond donors (Lipinski definition) is 2. The van der Waals surface area contributed by atoms with Gasteiger partial charge < -0.3 is 5.32 Å². The van der Waals surface area contributed by atoms with E-state index in [0.717, 1.165) is 19.3 Å². The first-order valence-electron chi connectivity index (χ1n) is 8.79. The van der Waals surface area contributed by atoms with Crippen molar-refractivity contribution in [3.05, 3.63) is 71.8 Å². The molecule has 3 aromatic rings. The third-order valence-electron chi connectivity index (χ3n) is 4.45. The third-order valence-corrected chi connectivity index (χ3v) is 5.36. The molecule has 3 rings (SSSR count). The Balaban J connectivity index is 1.89. The Morgan fingerprint density at radius 2 is 1.63 bits per heavy atom. The van der Waals surface area contributed by atoms with Crippen molar-refractivity contribution in [1.29, 1.82) is 0 Å². The smallest absolute Gasteiger partial charge is 0.295 e. The standard InChI is InChI=1S/C21H21NO4S/c1-2-3-6-15-9-11-16(12-10-15)21(23)22-19-13-14-20(27(24,25)26)18-8-5-4-7-17(18)19/h4-5,7-14H,2-3,6H2,1H3,(H,22,23)(H,24,25,26). The molecule has 5 nitrogen and oxygen atoms in total. The summed E-state index contributed by atoms with van der Waals surface area (Å²) in [4.78, 5) is 12.4. The molecule has 3 aromatic carbocycles. The van der Waals surface area contributed by atoms with Gasteiger partial charge >= 0.3 is 0 Å². The first kappa shape index (κ1) is 19.1. The van der Waals surface area contributed by atoms with Crippen molar-refractivity contribution in [2.24, 2.45) is 0 Å². The molecule has 0 heterocycles. The lowest BCUT2D eigenvalue weighted by molar-refractivity contribution is 0.102. The van der Waals surface area contributed by atoms with E-state index in [1.165, 1.54) is 17.7 Å². The average molecular weight is 383 g/mol. The molecule has 27 heavy (non-hydrogen) atoms. The molecule has 0 atom stereocenters. The summed E-state index contributed by atoms with van der Waals surface area (Å²) in [7, 11) is -4.35. The van der Waals surface area contributed by atoms with Gasteiger partial charge in [-0.1, -0.05) is 49.7 Å². The first-order valence-corrected chi connectivity index (χ1v) is 10.2. The molecule has 0 fully saturated rings. The minimum Gasteiger partial charge on any atom is -0.321 e. The highest BCUT2D eigenvalue weighted by Gasteiger charge is 2.16. The zero-order valence-electron chi connectivity index (χ0n) is 15.0. The summed E-state index contributed by atoms with van der Waals surface area (Å²) >= 11 is 0. The number of carbonyl (C=O) groups excluding carboxylic acids is 1. The highest BCUT2D eigenvalue weighted by molar-refractivity contribution is 7.86. The number of hydrogen-bond acceptors (Lipinski definition) is 3. The van der Waals surface area contributed by atoms with E-state index in [-0.39, 0.29) is 10.8 Å². The SMILES string of the molecule is CCCCc1ccc(C(=O)Nc2ccc(S(=O)(=O)O)c3ccccc23)cc1. The van der Waals surface area contributed by atoms with Crippen LogP contribution in [0.25, 0.3) is 10.8 Å². The Hall–Kier alpha value is -2.70. The Bertz CT molecular complexity index is 1070. The Labute approximate surface area is 158 Å². The monoisotopic (exact) mass is 383 g/mol. The molecular formula is C21H21NO4S. The van der Waals surface area contributed by atoms with Crippen LogP contribution in [0.1, 0.15) is 35.7 Å². The van der Waals surface area contributed by atoms with Crippen LogP contribution < -0.4 is 5.32 Å². The highest BCUT2D eigenvalue weighted by atomic mass is 32.2. The molecule has 0 aliphatic heterocycles. The van der Waals surface area contributed by atoms with Crippen LogP contribution in [0, 0.1) is 0 Å². The quantitative estimate of drug-likeness (QED) is 0.605. The first-order chi connectivity index (χ1) is 12.9. The zero-order chi connectivity index (χ0) is 19.4. The number of aryl methyl sites for hydroxylation is 1. The van der Waals surface area contributed by atoms with Gasteiger partial charge in [0.05, 0.1) is 0 Å². The summed E-state index contributed by atoms with van der Waals surface area (Å²) in [5, 5.41) is 3.72. The van der Waals surface area contributed by atoms with Crippen LogP contribution in [0.4, 0.5) is 5.69 Å². The van der Waals surface area contributed by atoms with Crippen molar-refractivity contribution >= 4 is 32.5 Å². The maximum atomic E-state index is 12.6. The van der Waals surface area contributed by atoms with E-state index < -0.39 is 10.1 Å². The Kier molecular flexibility index (Phi) is 5.58. The number of anilines is 1. The van der Waals surface area contributed by atoms with Gasteiger partial charge in [0.1, 0.15) is 4.90 Å². The van der Waals surface area contributed by atoms with E-state index in [2.05, 4.69) is 12.2 Å². The van der Waals surface area contributed by atoms with Gasteiger partial charge in [0.25, 0.3) is 16.0 Å². The second-order valence-electron chi connectivity index (χ2n) is 6.39. The predicted octanol–water partition coefficient (Wildman–Crippen LogP) is 4.68. The molecule has 0 unspecified atom stereocenters. The molecule has 0 aliphatic carbocycles. The lowest BCUT2D eigenvalue weighted by Gasteiger charge is -2.11. The van der Waals surface area contributed by atoms with Crippen LogP contribution in [0.5, 0.6) is 0 Å². The largest absolute Gasteiger partial charge is 0.321 e. The Morgan fingerprint density at radius 1 is 0.963 bits per heavy atom. The van der Waals surface area contributed by atoms with E-state index in [4.69, 9.17) is 0 Å². The molecule has 2 N–H and O–H groups in total. The second-order valence-corrected chi connectivity index (χ2v) is 7.78. The van der Waals surface area contributed by atoms with Crippen LogP contribution in [0.3, 0.4) is 0 Å². The average Bonchev–Trinajstić information content (AvgIpc) is 2.66. The third kappa shape index (κ3) is 4.35. The molecule has 0 aliphatic rings. The van der Waals surface area contributed by atoms with Crippen molar-refractivity contribution in [3.8, 4) is 0 Å². The predicted molar refractivity (Wildman–Crippen MR) is 107 cm³/mol. The van der Waals surface area contributed by atoms with Crippen LogP contribution >= 0.6 is 0 Å². The van der Waals surface area contributed by atoms with Crippen LogP contribution in [-0.2, 0) is 16.5 Å². The molecule has 140 valence electrons. The van der Waals surface area contributed by atoms with Crippen LogP contribution in [-0.4, -0.2) is 18.9 Å². The summed E-state index contributed by atoms with van der Waals surface area (Å²) in [5.74, 6) is -0.276. The van der Waals surface area contributed by atoms with Crippen molar-refractivity contribution < 1.29 is 17.8 Å². The topological polar surface area (TPSA) is 83.5 Å². The van der Waals surface area contributed by atoms with Crippen molar-refractivity contribution in [2.45, 2.75) is 31.1 Å². The van der Waals surface area contributed by atoms with Gasteiger partial charge in [-0.15, -0.1) is 0 Å². The number of fused-ring (bicyclic) bond motifs is 1. The lowest BCUT2D eigenvalue weighted by Crippen LogP contribution is -2.12. The minimum atomic E-state index is -4.35. The maximum absolute atomic E-state index is 12.6. The Morgan fingerprint density at radius 3 is 2.26 bits per heavy atom. The van der Waals surface area contributed by atoms with Gasteiger partial charge in [0, 0.05) is 22.0 Å². The fraction of sp³-hybridized carbons (Fsp3) is 0.190. The van der Waals surface area contributed by atoms with Gasteiger partial charge in [-0.2, -0.15) is 8.42 Å². The summed E-state index contributed by atoms with van der Waals surface area (Å²) in [5.41, 5.74) is 2.20. The fourth-order valence-corrected chi connectivity index (χ4v) is 3.70. The van der Waals surface area contributed by atoms with Gasteiger partial charge in [-0.3, -0.25) is 9.35 Å². The number of nitrogens with one attached hydrogen (secondary N) is 1. The molecule has 1 amide bonds. The number of rotatable bonds is 6. The molecule has 0 aromatic heterocycles. The molecule has 0 saturated carbocycles. The van der Waals surface area contributed by atoms with Crippen LogP contribution in [0.15, 0.2) is 65.6 Å². The normalized spacial score (nSPS) is 11.5.